The third-order valence-corrected chi connectivity index (χ3v) is 3.56. The summed E-state index contributed by atoms with van der Waals surface area (Å²) in [5.41, 5.74) is -0.433. The Morgan fingerprint density at radius 2 is 1.79 bits per heavy atom. The molecule has 1 aliphatic rings. The molecule has 0 aliphatic carbocycles. The van der Waals surface area contributed by atoms with E-state index < -0.39 is 5.60 Å². The van der Waals surface area contributed by atoms with Gasteiger partial charge in [-0.1, -0.05) is 27.2 Å². The second kappa shape index (κ2) is 5.13. The molecule has 0 amide bonds. The van der Waals surface area contributed by atoms with Crippen molar-refractivity contribution < 1.29 is 5.11 Å². The molecule has 84 valence electrons. The first-order valence-electron chi connectivity index (χ1n) is 6.08. The van der Waals surface area contributed by atoms with E-state index in [1.807, 2.05) is 0 Å². The minimum Gasteiger partial charge on any atom is -0.389 e. The Morgan fingerprint density at radius 3 is 2.21 bits per heavy atom. The maximum atomic E-state index is 10.1. The van der Waals surface area contributed by atoms with E-state index in [1.165, 1.54) is 25.9 Å². The first-order chi connectivity index (χ1) is 6.63. The normalized spacial score (nSPS) is 19.7. The smallest absolute Gasteiger partial charge is 0.0768 e. The van der Waals surface area contributed by atoms with Crippen molar-refractivity contribution in [3.05, 3.63) is 0 Å². The number of aliphatic hydroxyl groups is 1. The van der Waals surface area contributed by atoms with Gasteiger partial charge in [-0.2, -0.15) is 0 Å². The molecule has 0 saturated carbocycles. The fourth-order valence-corrected chi connectivity index (χ4v) is 2.29. The van der Waals surface area contributed by atoms with E-state index in [0.717, 1.165) is 25.3 Å². The highest BCUT2D eigenvalue weighted by atomic mass is 16.3. The average Bonchev–Trinajstić information content (AvgIpc) is 2.14. The molecule has 0 spiro atoms. The van der Waals surface area contributed by atoms with E-state index in [-0.39, 0.29) is 0 Å². The van der Waals surface area contributed by atoms with Crippen LogP contribution in [0.5, 0.6) is 0 Å². The van der Waals surface area contributed by atoms with Crippen LogP contribution in [0.15, 0.2) is 0 Å². The average molecular weight is 199 g/mol. The van der Waals surface area contributed by atoms with Crippen LogP contribution in [-0.4, -0.2) is 35.2 Å². The Labute approximate surface area is 88.3 Å². The van der Waals surface area contributed by atoms with Crippen LogP contribution in [0, 0.1) is 5.92 Å². The molecule has 1 saturated heterocycles. The quantitative estimate of drug-likeness (QED) is 0.709. The highest BCUT2D eigenvalue weighted by Crippen LogP contribution is 2.25. The summed E-state index contributed by atoms with van der Waals surface area (Å²) in [6, 6.07) is 0. The van der Waals surface area contributed by atoms with Gasteiger partial charge in [-0.25, -0.2) is 0 Å². The minimum atomic E-state index is -0.433. The number of nitrogens with zero attached hydrogens (tertiary/aromatic N) is 1. The Kier molecular flexibility index (Phi) is 4.39. The van der Waals surface area contributed by atoms with Gasteiger partial charge < -0.3 is 5.11 Å². The summed E-state index contributed by atoms with van der Waals surface area (Å²) in [5, 5.41) is 10.1. The molecular formula is C12H25NO. The number of hydrogen-bond acceptors (Lipinski definition) is 2. The van der Waals surface area contributed by atoms with Gasteiger partial charge in [0.1, 0.15) is 0 Å². The number of likely N-dealkylation sites (tertiary alicyclic amines) is 1. The van der Waals surface area contributed by atoms with E-state index in [0.29, 0.717) is 0 Å². The first-order valence-corrected chi connectivity index (χ1v) is 6.08. The molecule has 14 heavy (non-hydrogen) atoms. The monoisotopic (exact) mass is 199 g/mol. The van der Waals surface area contributed by atoms with Crippen molar-refractivity contribution in [2.24, 2.45) is 5.92 Å². The molecule has 0 radical (unpaired) electrons. The molecule has 1 rings (SSSR count). The Bertz CT molecular complexity index is 160. The summed E-state index contributed by atoms with van der Waals surface area (Å²) in [6.45, 7) is 9.68. The fourth-order valence-electron chi connectivity index (χ4n) is 2.29. The van der Waals surface area contributed by atoms with Crippen molar-refractivity contribution in [1.82, 2.24) is 4.90 Å². The van der Waals surface area contributed by atoms with Gasteiger partial charge in [0.05, 0.1) is 5.60 Å². The lowest BCUT2D eigenvalue weighted by Gasteiger charge is -2.43. The fraction of sp³-hybridized carbons (Fsp3) is 1.00. The predicted octanol–water partition coefficient (Wildman–Crippen LogP) is 2.27. The molecule has 0 aromatic carbocycles. The zero-order valence-corrected chi connectivity index (χ0v) is 9.92. The van der Waals surface area contributed by atoms with Crippen LogP contribution in [0.4, 0.5) is 0 Å². The molecule has 1 heterocycles. The van der Waals surface area contributed by atoms with Crippen LogP contribution in [0.25, 0.3) is 0 Å². The highest BCUT2D eigenvalue weighted by Gasteiger charge is 2.32. The molecule has 1 N–H and O–H groups in total. The van der Waals surface area contributed by atoms with Crippen LogP contribution in [0.1, 0.15) is 46.5 Å². The Balaban J connectivity index is 2.21. The molecular weight excluding hydrogens is 174 g/mol. The van der Waals surface area contributed by atoms with Crippen molar-refractivity contribution in [2.75, 3.05) is 19.6 Å². The van der Waals surface area contributed by atoms with Crippen LogP contribution in [0.2, 0.25) is 0 Å². The number of β-amino-alcohol motifs (C(OH)–C–C–N with tert-alkyl or cyclic N) is 1. The Hall–Kier alpha value is -0.0800. The van der Waals surface area contributed by atoms with Crippen molar-refractivity contribution in [1.29, 1.82) is 0 Å². The maximum Gasteiger partial charge on any atom is 0.0768 e. The standard InChI is InChI=1S/C12H25NO/c1-4-7-11-8-13(9-11)10-12(14,5-2)6-3/h11,14H,4-10H2,1-3H3. The topological polar surface area (TPSA) is 23.5 Å². The second-order valence-electron chi connectivity index (χ2n) is 4.78. The summed E-state index contributed by atoms with van der Waals surface area (Å²) in [5.74, 6) is 0.901. The summed E-state index contributed by atoms with van der Waals surface area (Å²) >= 11 is 0. The van der Waals surface area contributed by atoms with Crippen molar-refractivity contribution in [3.63, 3.8) is 0 Å². The van der Waals surface area contributed by atoms with Gasteiger partial charge in [-0.3, -0.25) is 4.90 Å². The van der Waals surface area contributed by atoms with Gasteiger partial charge in [0.25, 0.3) is 0 Å². The van der Waals surface area contributed by atoms with E-state index in [2.05, 4.69) is 25.7 Å². The van der Waals surface area contributed by atoms with Gasteiger partial charge in [0.2, 0.25) is 0 Å². The molecule has 0 aromatic rings. The van der Waals surface area contributed by atoms with Crippen LogP contribution in [0.3, 0.4) is 0 Å². The zero-order chi connectivity index (χ0) is 10.6. The van der Waals surface area contributed by atoms with Gasteiger partial charge in [0.15, 0.2) is 0 Å². The molecule has 2 nitrogen and oxygen atoms in total. The molecule has 1 fully saturated rings. The highest BCUT2D eigenvalue weighted by molar-refractivity contribution is 4.86. The van der Waals surface area contributed by atoms with Gasteiger partial charge >= 0.3 is 0 Å². The van der Waals surface area contributed by atoms with Crippen molar-refractivity contribution in [2.45, 2.75) is 52.1 Å². The summed E-state index contributed by atoms with van der Waals surface area (Å²) in [4.78, 5) is 2.40. The molecule has 1 aliphatic heterocycles. The molecule has 0 atom stereocenters. The van der Waals surface area contributed by atoms with Gasteiger partial charge in [-0.05, 0) is 25.2 Å². The molecule has 0 unspecified atom stereocenters. The first kappa shape index (κ1) is 12.0. The lowest BCUT2D eigenvalue weighted by molar-refractivity contribution is -0.0373. The van der Waals surface area contributed by atoms with E-state index in [9.17, 15) is 5.11 Å². The van der Waals surface area contributed by atoms with Gasteiger partial charge in [0, 0.05) is 19.6 Å². The van der Waals surface area contributed by atoms with E-state index in [4.69, 9.17) is 0 Å². The largest absolute Gasteiger partial charge is 0.389 e. The minimum absolute atomic E-state index is 0.433. The third kappa shape index (κ3) is 2.96. The maximum absolute atomic E-state index is 10.1. The van der Waals surface area contributed by atoms with Crippen LogP contribution < -0.4 is 0 Å². The van der Waals surface area contributed by atoms with Crippen LogP contribution >= 0.6 is 0 Å². The van der Waals surface area contributed by atoms with Crippen molar-refractivity contribution in [3.8, 4) is 0 Å². The Morgan fingerprint density at radius 1 is 1.21 bits per heavy atom. The third-order valence-electron chi connectivity index (χ3n) is 3.56. The van der Waals surface area contributed by atoms with Gasteiger partial charge in [-0.15, -0.1) is 0 Å². The second-order valence-corrected chi connectivity index (χ2v) is 4.78. The molecule has 0 bridgehead atoms. The van der Waals surface area contributed by atoms with E-state index in [1.54, 1.807) is 0 Å². The van der Waals surface area contributed by atoms with Crippen LogP contribution in [-0.2, 0) is 0 Å². The summed E-state index contributed by atoms with van der Waals surface area (Å²) in [7, 11) is 0. The SMILES string of the molecule is CCCC1CN(CC(O)(CC)CC)C1. The molecule has 0 aromatic heterocycles. The van der Waals surface area contributed by atoms with Crippen molar-refractivity contribution >= 4 is 0 Å². The van der Waals surface area contributed by atoms with E-state index >= 15 is 0 Å². The zero-order valence-electron chi connectivity index (χ0n) is 9.92. The summed E-state index contributed by atoms with van der Waals surface area (Å²) < 4.78 is 0. The molecule has 2 heteroatoms. The lowest BCUT2D eigenvalue weighted by atomic mass is 9.90. The lowest BCUT2D eigenvalue weighted by Crippen LogP contribution is -2.53. The summed E-state index contributed by atoms with van der Waals surface area (Å²) in [6.07, 6.45) is 4.40. The number of hydrogen-bond donors (Lipinski definition) is 1. The number of rotatable bonds is 6. The predicted molar refractivity (Wildman–Crippen MR) is 60.4 cm³/mol.